The van der Waals surface area contributed by atoms with Crippen molar-refractivity contribution in [3.05, 3.63) is 59.5 Å². The van der Waals surface area contributed by atoms with Gasteiger partial charge in [0.2, 0.25) is 0 Å². The van der Waals surface area contributed by atoms with Gasteiger partial charge in [-0.2, -0.15) is 0 Å². The Morgan fingerprint density at radius 2 is 2.00 bits per heavy atom. The lowest BCUT2D eigenvalue weighted by atomic mass is 10.2. The summed E-state index contributed by atoms with van der Waals surface area (Å²) >= 11 is 0. The molecule has 5 nitrogen and oxygen atoms in total. The number of nitrogens with one attached hydrogen (secondary N) is 1. The second-order valence-corrected chi connectivity index (χ2v) is 4.95. The van der Waals surface area contributed by atoms with E-state index in [4.69, 9.17) is 9.15 Å². The molecular formula is C17H16N2O3. The summed E-state index contributed by atoms with van der Waals surface area (Å²) in [7, 11) is 1.59. The van der Waals surface area contributed by atoms with E-state index in [2.05, 4.69) is 10.3 Å². The van der Waals surface area contributed by atoms with E-state index in [1.807, 2.05) is 25.1 Å². The highest BCUT2D eigenvalue weighted by molar-refractivity contribution is 5.94. The van der Waals surface area contributed by atoms with Crippen LogP contribution in [-0.4, -0.2) is 18.0 Å². The number of aromatic nitrogens is 1. The van der Waals surface area contributed by atoms with Crippen molar-refractivity contribution in [1.29, 1.82) is 0 Å². The van der Waals surface area contributed by atoms with Gasteiger partial charge in [-0.1, -0.05) is 6.07 Å². The first kappa shape index (κ1) is 14.1. The Morgan fingerprint density at radius 3 is 2.73 bits per heavy atom. The largest absolute Gasteiger partial charge is 0.497 e. The monoisotopic (exact) mass is 296 g/mol. The lowest BCUT2D eigenvalue weighted by Crippen LogP contribution is -2.22. The number of amides is 1. The second kappa shape index (κ2) is 5.89. The molecule has 22 heavy (non-hydrogen) atoms. The predicted molar refractivity (Wildman–Crippen MR) is 82.9 cm³/mol. The van der Waals surface area contributed by atoms with Crippen LogP contribution in [0.1, 0.15) is 21.8 Å². The molecule has 0 bridgehead atoms. The van der Waals surface area contributed by atoms with Crippen LogP contribution < -0.4 is 10.1 Å². The first-order chi connectivity index (χ1) is 10.7. The molecule has 1 amide bonds. The van der Waals surface area contributed by atoms with Gasteiger partial charge >= 0.3 is 0 Å². The Labute approximate surface area is 127 Å². The summed E-state index contributed by atoms with van der Waals surface area (Å²) in [5, 5.41) is 2.88. The third-order valence-electron chi connectivity index (χ3n) is 3.37. The first-order valence-electron chi connectivity index (χ1n) is 6.94. The molecule has 0 aliphatic rings. The van der Waals surface area contributed by atoms with Gasteiger partial charge in [-0.05, 0) is 42.0 Å². The Bertz CT molecular complexity index is 806. The maximum Gasteiger partial charge on any atom is 0.251 e. The quantitative estimate of drug-likeness (QED) is 0.803. The number of aryl methyl sites for hydroxylation is 1. The molecular weight excluding hydrogens is 280 g/mol. The summed E-state index contributed by atoms with van der Waals surface area (Å²) in [5.74, 6) is 1.23. The summed E-state index contributed by atoms with van der Waals surface area (Å²) in [6, 6.07) is 12.7. The molecule has 0 aliphatic heterocycles. The molecule has 0 saturated carbocycles. The molecule has 0 unspecified atom stereocenters. The van der Waals surface area contributed by atoms with Gasteiger partial charge in [0.1, 0.15) is 11.3 Å². The molecule has 112 valence electrons. The predicted octanol–water partition coefficient (Wildman–Crippen LogP) is 3.07. The molecule has 3 rings (SSSR count). The number of oxazole rings is 1. The summed E-state index contributed by atoms with van der Waals surface area (Å²) in [6.07, 6.45) is 0. The van der Waals surface area contributed by atoms with Gasteiger partial charge in [-0.3, -0.25) is 4.79 Å². The van der Waals surface area contributed by atoms with E-state index in [1.54, 1.807) is 31.4 Å². The first-order valence-corrected chi connectivity index (χ1v) is 6.94. The minimum atomic E-state index is -0.128. The van der Waals surface area contributed by atoms with Crippen LogP contribution in [0.5, 0.6) is 5.75 Å². The molecule has 0 fully saturated rings. The Morgan fingerprint density at radius 1 is 1.23 bits per heavy atom. The van der Waals surface area contributed by atoms with Crippen molar-refractivity contribution in [3.63, 3.8) is 0 Å². The van der Waals surface area contributed by atoms with Crippen LogP contribution in [0.2, 0.25) is 0 Å². The Balaban J connectivity index is 1.68. The van der Waals surface area contributed by atoms with Gasteiger partial charge in [0.05, 0.1) is 7.11 Å². The molecule has 0 spiro atoms. The number of methoxy groups -OCH3 is 1. The molecule has 5 heteroatoms. The molecule has 0 atom stereocenters. The minimum Gasteiger partial charge on any atom is -0.497 e. The van der Waals surface area contributed by atoms with Crippen LogP contribution in [0, 0.1) is 6.92 Å². The van der Waals surface area contributed by atoms with E-state index in [0.29, 0.717) is 18.0 Å². The fourth-order valence-corrected chi connectivity index (χ4v) is 2.22. The zero-order chi connectivity index (χ0) is 15.5. The van der Waals surface area contributed by atoms with Crippen LogP contribution in [0.3, 0.4) is 0 Å². The smallest absolute Gasteiger partial charge is 0.251 e. The van der Waals surface area contributed by atoms with Crippen molar-refractivity contribution in [3.8, 4) is 5.75 Å². The van der Waals surface area contributed by atoms with Crippen LogP contribution in [0.4, 0.5) is 0 Å². The molecule has 0 saturated heterocycles. The number of rotatable bonds is 4. The highest BCUT2D eigenvalue weighted by Gasteiger charge is 2.07. The maximum atomic E-state index is 12.1. The molecule has 0 aliphatic carbocycles. The number of ether oxygens (including phenoxy) is 1. The Hall–Kier alpha value is -2.82. The SMILES string of the molecule is COc1ccc(C(=O)NCc2ccc3nc(C)oc3c2)cc1. The average Bonchev–Trinajstić information content (AvgIpc) is 2.92. The number of carbonyl (C=O) groups excluding carboxylic acids is 1. The number of nitrogens with zero attached hydrogens (tertiary/aromatic N) is 1. The lowest BCUT2D eigenvalue weighted by molar-refractivity contribution is 0.0951. The summed E-state index contributed by atoms with van der Waals surface area (Å²) in [6.45, 7) is 2.24. The van der Waals surface area contributed by atoms with E-state index in [0.717, 1.165) is 22.4 Å². The number of hydrogen-bond acceptors (Lipinski definition) is 4. The zero-order valence-corrected chi connectivity index (χ0v) is 12.4. The van der Waals surface area contributed by atoms with Crippen LogP contribution in [-0.2, 0) is 6.54 Å². The topological polar surface area (TPSA) is 64.4 Å². The molecule has 1 heterocycles. The van der Waals surface area contributed by atoms with Gasteiger partial charge in [0.15, 0.2) is 11.5 Å². The molecule has 1 aromatic heterocycles. The van der Waals surface area contributed by atoms with Gasteiger partial charge in [-0.25, -0.2) is 4.98 Å². The van der Waals surface area contributed by atoms with E-state index in [-0.39, 0.29) is 5.91 Å². The Kier molecular flexibility index (Phi) is 3.78. The zero-order valence-electron chi connectivity index (χ0n) is 12.4. The van der Waals surface area contributed by atoms with E-state index >= 15 is 0 Å². The van der Waals surface area contributed by atoms with Crippen molar-refractivity contribution >= 4 is 17.0 Å². The van der Waals surface area contributed by atoms with Crippen LogP contribution in [0.25, 0.3) is 11.1 Å². The summed E-state index contributed by atoms with van der Waals surface area (Å²) in [4.78, 5) is 16.3. The van der Waals surface area contributed by atoms with Crippen LogP contribution in [0.15, 0.2) is 46.9 Å². The molecule has 2 aromatic carbocycles. The normalized spacial score (nSPS) is 10.6. The minimum absolute atomic E-state index is 0.128. The van der Waals surface area contributed by atoms with Crippen molar-refractivity contribution in [1.82, 2.24) is 10.3 Å². The van der Waals surface area contributed by atoms with Crippen LogP contribution >= 0.6 is 0 Å². The summed E-state index contributed by atoms with van der Waals surface area (Å²) in [5.41, 5.74) is 3.11. The van der Waals surface area contributed by atoms with E-state index in [9.17, 15) is 4.79 Å². The number of fused-ring (bicyclic) bond motifs is 1. The van der Waals surface area contributed by atoms with Crippen molar-refractivity contribution < 1.29 is 13.9 Å². The van der Waals surface area contributed by atoms with E-state index < -0.39 is 0 Å². The van der Waals surface area contributed by atoms with Crippen molar-refractivity contribution in [2.75, 3.05) is 7.11 Å². The third kappa shape index (κ3) is 2.93. The van der Waals surface area contributed by atoms with E-state index in [1.165, 1.54) is 0 Å². The van der Waals surface area contributed by atoms with Crippen molar-refractivity contribution in [2.24, 2.45) is 0 Å². The number of benzene rings is 2. The van der Waals surface area contributed by atoms with Gasteiger partial charge in [0, 0.05) is 19.0 Å². The fraction of sp³-hybridized carbons (Fsp3) is 0.176. The second-order valence-electron chi connectivity index (χ2n) is 4.95. The van der Waals surface area contributed by atoms with Gasteiger partial charge in [0.25, 0.3) is 5.91 Å². The molecule has 0 radical (unpaired) electrons. The standard InChI is InChI=1S/C17H16N2O3/c1-11-19-15-8-3-12(9-16(15)22-11)10-18-17(20)13-4-6-14(21-2)7-5-13/h3-9H,10H2,1-2H3,(H,18,20). The number of carbonyl (C=O) groups is 1. The maximum absolute atomic E-state index is 12.1. The highest BCUT2D eigenvalue weighted by atomic mass is 16.5. The fourth-order valence-electron chi connectivity index (χ4n) is 2.22. The van der Waals surface area contributed by atoms with Gasteiger partial charge < -0.3 is 14.5 Å². The highest BCUT2D eigenvalue weighted by Crippen LogP contribution is 2.17. The summed E-state index contributed by atoms with van der Waals surface area (Å²) < 4.78 is 10.6. The molecule has 3 aromatic rings. The average molecular weight is 296 g/mol. The molecule has 1 N–H and O–H groups in total. The third-order valence-corrected chi connectivity index (χ3v) is 3.37. The lowest BCUT2D eigenvalue weighted by Gasteiger charge is -2.06. The van der Waals surface area contributed by atoms with Crippen molar-refractivity contribution in [2.45, 2.75) is 13.5 Å². The number of hydrogen-bond donors (Lipinski definition) is 1. The van der Waals surface area contributed by atoms with Gasteiger partial charge in [-0.15, -0.1) is 0 Å².